The van der Waals surface area contributed by atoms with Gasteiger partial charge in [0.25, 0.3) is 6.43 Å². The molecule has 0 heterocycles. The van der Waals surface area contributed by atoms with Gasteiger partial charge in [-0.3, -0.25) is 0 Å². The minimum absolute atomic E-state index is 0.470. The molecule has 0 unspecified atom stereocenters. The molecule has 1 aromatic carbocycles. The largest absolute Gasteiger partial charge is 0.497 e. The molecule has 3 nitrogen and oxygen atoms in total. The molecule has 0 radical (unpaired) electrons. The van der Waals surface area contributed by atoms with Crippen molar-refractivity contribution in [1.82, 2.24) is 5.32 Å². The quantitative estimate of drug-likeness (QED) is 0.789. The number of rotatable bonds is 8. The summed E-state index contributed by atoms with van der Waals surface area (Å²) in [6, 6.07) is 5.16. The smallest absolute Gasteiger partial charge is 0.272 e. The molecule has 0 saturated heterocycles. The first-order valence-corrected chi connectivity index (χ1v) is 6.31. The van der Waals surface area contributed by atoms with Crippen LogP contribution < -0.4 is 14.8 Å². The third kappa shape index (κ3) is 5.87. The van der Waals surface area contributed by atoms with E-state index in [9.17, 15) is 8.78 Å². The van der Waals surface area contributed by atoms with Gasteiger partial charge in [0, 0.05) is 12.1 Å². The fourth-order valence-corrected chi connectivity index (χ4v) is 1.61. The summed E-state index contributed by atoms with van der Waals surface area (Å²) in [7, 11) is 1.57. The highest BCUT2D eigenvalue weighted by Crippen LogP contribution is 2.24. The van der Waals surface area contributed by atoms with E-state index in [0.29, 0.717) is 24.0 Å². The Balaban J connectivity index is 2.71. The van der Waals surface area contributed by atoms with E-state index in [1.54, 1.807) is 25.3 Å². The molecule has 0 aromatic heterocycles. The molecule has 0 amide bonds. The first-order chi connectivity index (χ1) is 9.02. The zero-order valence-corrected chi connectivity index (χ0v) is 11.6. The maximum absolute atomic E-state index is 12.2. The molecule has 0 atom stereocenters. The molecule has 1 aromatic rings. The second-order valence-corrected chi connectivity index (χ2v) is 4.70. The van der Waals surface area contributed by atoms with Gasteiger partial charge in [-0.25, -0.2) is 8.78 Å². The SMILES string of the molecule is COc1ccc(OCC(F)F)c(CNCC(C)C)c1. The second kappa shape index (κ2) is 7.94. The molecule has 0 aliphatic rings. The lowest BCUT2D eigenvalue weighted by molar-refractivity contribution is 0.0813. The van der Waals surface area contributed by atoms with Gasteiger partial charge in [-0.1, -0.05) is 13.8 Å². The Labute approximate surface area is 112 Å². The van der Waals surface area contributed by atoms with Crippen LogP contribution >= 0.6 is 0 Å². The summed E-state index contributed by atoms with van der Waals surface area (Å²) in [6.07, 6.45) is -2.47. The predicted octanol–water partition coefficient (Wildman–Crippen LogP) is 3.08. The minimum atomic E-state index is -2.47. The summed E-state index contributed by atoms with van der Waals surface area (Å²) in [5.74, 6) is 1.68. The van der Waals surface area contributed by atoms with Crippen LogP contribution in [0.15, 0.2) is 18.2 Å². The highest BCUT2D eigenvalue weighted by atomic mass is 19.3. The molecule has 108 valence electrons. The Hall–Kier alpha value is -1.36. The summed E-state index contributed by atoms with van der Waals surface area (Å²) in [5.41, 5.74) is 0.820. The van der Waals surface area contributed by atoms with Crippen LogP contribution in [0.4, 0.5) is 8.78 Å². The normalized spacial score (nSPS) is 11.1. The van der Waals surface area contributed by atoms with E-state index in [1.165, 1.54) is 0 Å². The van der Waals surface area contributed by atoms with E-state index in [2.05, 4.69) is 19.2 Å². The number of methoxy groups -OCH3 is 1. The van der Waals surface area contributed by atoms with Gasteiger partial charge < -0.3 is 14.8 Å². The van der Waals surface area contributed by atoms with Crippen LogP contribution in [0.3, 0.4) is 0 Å². The van der Waals surface area contributed by atoms with E-state index < -0.39 is 13.0 Å². The maximum atomic E-state index is 12.2. The predicted molar refractivity (Wildman–Crippen MR) is 71.0 cm³/mol. The van der Waals surface area contributed by atoms with Crippen molar-refractivity contribution >= 4 is 0 Å². The van der Waals surface area contributed by atoms with Gasteiger partial charge >= 0.3 is 0 Å². The van der Waals surface area contributed by atoms with Crippen LogP contribution in [0.1, 0.15) is 19.4 Å². The van der Waals surface area contributed by atoms with Crippen molar-refractivity contribution in [2.24, 2.45) is 5.92 Å². The van der Waals surface area contributed by atoms with Crippen molar-refractivity contribution in [1.29, 1.82) is 0 Å². The lowest BCUT2D eigenvalue weighted by atomic mass is 10.1. The molecular weight excluding hydrogens is 252 g/mol. The van der Waals surface area contributed by atoms with Gasteiger partial charge in [-0.15, -0.1) is 0 Å². The van der Waals surface area contributed by atoms with Crippen molar-refractivity contribution in [2.45, 2.75) is 26.8 Å². The minimum Gasteiger partial charge on any atom is -0.497 e. The van der Waals surface area contributed by atoms with E-state index in [1.807, 2.05) is 0 Å². The second-order valence-electron chi connectivity index (χ2n) is 4.70. The maximum Gasteiger partial charge on any atom is 0.272 e. The zero-order valence-electron chi connectivity index (χ0n) is 11.6. The van der Waals surface area contributed by atoms with Crippen LogP contribution in [0.25, 0.3) is 0 Å². The van der Waals surface area contributed by atoms with Crippen molar-refractivity contribution < 1.29 is 18.3 Å². The average Bonchev–Trinajstić information content (AvgIpc) is 2.36. The van der Waals surface area contributed by atoms with E-state index in [-0.39, 0.29) is 0 Å². The van der Waals surface area contributed by atoms with Gasteiger partial charge in [-0.05, 0) is 30.7 Å². The lowest BCUT2D eigenvalue weighted by Crippen LogP contribution is -2.20. The highest BCUT2D eigenvalue weighted by Gasteiger charge is 2.09. The molecule has 0 aliphatic heterocycles. The summed E-state index contributed by atoms with van der Waals surface area (Å²) in [4.78, 5) is 0. The molecule has 19 heavy (non-hydrogen) atoms. The first-order valence-electron chi connectivity index (χ1n) is 6.31. The summed E-state index contributed by atoms with van der Waals surface area (Å²) >= 11 is 0. The van der Waals surface area contributed by atoms with Crippen LogP contribution in [-0.2, 0) is 6.54 Å². The Kier molecular flexibility index (Phi) is 6.56. The summed E-state index contributed by atoms with van der Waals surface area (Å²) < 4.78 is 34.6. The molecule has 0 bridgehead atoms. The van der Waals surface area contributed by atoms with Gasteiger partial charge in [0.15, 0.2) is 0 Å². The monoisotopic (exact) mass is 273 g/mol. The van der Waals surface area contributed by atoms with Crippen LogP contribution in [0, 0.1) is 5.92 Å². The van der Waals surface area contributed by atoms with Gasteiger partial charge in [0.05, 0.1) is 7.11 Å². The first kappa shape index (κ1) is 15.7. The number of alkyl halides is 2. The van der Waals surface area contributed by atoms with Crippen molar-refractivity contribution in [3.05, 3.63) is 23.8 Å². The van der Waals surface area contributed by atoms with Crippen molar-refractivity contribution in [3.8, 4) is 11.5 Å². The van der Waals surface area contributed by atoms with Crippen LogP contribution in [-0.4, -0.2) is 26.7 Å². The molecule has 0 saturated carbocycles. The van der Waals surface area contributed by atoms with E-state index in [4.69, 9.17) is 9.47 Å². The lowest BCUT2D eigenvalue weighted by Gasteiger charge is -2.14. The third-order valence-corrected chi connectivity index (χ3v) is 2.50. The molecule has 0 fully saturated rings. The van der Waals surface area contributed by atoms with E-state index in [0.717, 1.165) is 12.1 Å². The number of halogens is 2. The molecule has 5 heteroatoms. The Morgan fingerprint density at radius 2 is 2.00 bits per heavy atom. The Morgan fingerprint density at radius 3 is 2.58 bits per heavy atom. The number of ether oxygens (including phenoxy) is 2. The topological polar surface area (TPSA) is 30.5 Å². The number of hydrogen-bond donors (Lipinski definition) is 1. The summed E-state index contributed by atoms with van der Waals surface area (Å²) in [5, 5.41) is 3.26. The Morgan fingerprint density at radius 1 is 1.26 bits per heavy atom. The van der Waals surface area contributed by atoms with Crippen LogP contribution in [0.2, 0.25) is 0 Å². The number of hydrogen-bond acceptors (Lipinski definition) is 3. The fraction of sp³-hybridized carbons (Fsp3) is 0.571. The van der Waals surface area contributed by atoms with Crippen molar-refractivity contribution in [2.75, 3.05) is 20.3 Å². The molecule has 0 aliphatic carbocycles. The zero-order chi connectivity index (χ0) is 14.3. The molecular formula is C14H21F2NO2. The third-order valence-electron chi connectivity index (χ3n) is 2.50. The molecule has 0 spiro atoms. The Bertz CT molecular complexity index is 384. The van der Waals surface area contributed by atoms with Gasteiger partial charge in [-0.2, -0.15) is 0 Å². The summed E-state index contributed by atoms with van der Waals surface area (Å²) in [6.45, 7) is 5.03. The van der Waals surface area contributed by atoms with E-state index >= 15 is 0 Å². The molecule has 1 N–H and O–H groups in total. The van der Waals surface area contributed by atoms with Gasteiger partial charge in [0.2, 0.25) is 0 Å². The average molecular weight is 273 g/mol. The fourth-order valence-electron chi connectivity index (χ4n) is 1.61. The number of benzene rings is 1. The van der Waals surface area contributed by atoms with Gasteiger partial charge in [0.1, 0.15) is 18.1 Å². The van der Waals surface area contributed by atoms with Crippen LogP contribution in [0.5, 0.6) is 11.5 Å². The number of nitrogens with one attached hydrogen (secondary N) is 1. The highest BCUT2D eigenvalue weighted by molar-refractivity contribution is 5.40. The standard InChI is InChI=1S/C14H21F2NO2/c1-10(2)7-17-8-11-6-12(18-3)4-5-13(11)19-9-14(15)16/h4-6,10,14,17H,7-9H2,1-3H3. The van der Waals surface area contributed by atoms with Crippen molar-refractivity contribution in [3.63, 3.8) is 0 Å². The molecule has 1 rings (SSSR count).